The van der Waals surface area contributed by atoms with Crippen molar-refractivity contribution in [1.29, 1.82) is 0 Å². The number of aromatic amines is 1. The summed E-state index contributed by atoms with van der Waals surface area (Å²) in [5, 5.41) is 0. The lowest BCUT2D eigenvalue weighted by atomic mass is 10.1. The van der Waals surface area contributed by atoms with E-state index in [1.165, 1.54) is 12.1 Å². The summed E-state index contributed by atoms with van der Waals surface area (Å²) in [6.07, 6.45) is -11.0. The monoisotopic (exact) mass is 312 g/mol. The van der Waals surface area contributed by atoms with Gasteiger partial charge in [0.1, 0.15) is 11.6 Å². The first-order valence-electron chi connectivity index (χ1n) is 5.67. The number of pyridine rings is 1. The standard InChI is InChI=1S/C11H10F6N4/c1-21(2)6-4-3-5-8(19-6)20-9(18-5)7(10(12,13)14)11(15,16)17/h3-4,7H,1-2H3,(H,18,19,20). The zero-order chi connectivity index (χ0) is 16.0. The van der Waals surface area contributed by atoms with Crippen LogP contribution in [0.2, 0.25) is 0 Å². The van der Waals surface area contributed by atoms with Gasteiger partial charge in [0.15, 0.2) is 5.65 Å². The minimum atomic E-state index is -5.49. The predicted molar refractivity (Wildman–Crippen MR) is 63.1 cm³/mol. The van der Waals surface area contributed by atoms with Crippen LogP contribution in [0.25, 0.3) is 11.2 Å². The zero-order valence-corrected chi connectivity index (χ0v) is 10.8. The molecule has 4 nitrogen and oxygen atoms in total. The molecular weight excluding hydrogens is 302 g/mol. The second kappa shape index (κ2) is 4.78. The van der Waals surface area contributed by atoms with E-state index in [1.807, 2.05) is 4.98 Å². The molecule has 0 bridgehead atoms. The number of rotatable bonds is 2. The first-order valence-corrected chi connectivity index (χ1v) is 5.67. The first kappa shape index (κ1) is 15.4. The van der Waals surface area contributed by atoms with Crippen LogP contribution in [0.3, 0.4) is 0 Å². The first-order chi connectivity index (χ1) is 9.50. The fourth-order valence-corrected chi connectivity index (χ4v) is 1.78. The second-order valence-corrected chi connectivity index (χ2v) is 4.57. The average molecular weight is 312 g/mol. The third-order valence-electron chi connectivity index (χ3n) is 2.74. The number of fused-ring (bicyclic) bond motifs is 1. The van der Waals surface area contributed by atoms with Gasteiger partial charge < -0.3 is 9.88 Å². The Bertz CT molecular complexity index is 628. The summed E-state index contributed by atoms with van der Waals surface area (Å²) in [4.78, 5) is 10.8. The maximum absolute atomic E-state index is 12.6. The van der Waals surface area contributed by atoms with Crippen molar-refractivity contribution < 1.29 is 26.3 Å². The van der Waals surface area contributed by atoms with Crippen molar-refractivity contribution in [3.63, 3.8) is 0 Å². The zero-order valence-electron chi connectivity index (χ0n) is 10.8. The van der Waals surface area contributed by atoms with Crippen LogP contribution in [-0.4, -0.2) is 41.4 Å². The van der Waals surface area contributed by atoms with Crippen LogP contribution in [0.5, 0.6) is 0 Å². The quantitative estimate of drug-likeness (QED) is 0.866. The Morgan fingerprint density at radius 2 is 1.57 bits per heavy atom. The minimum Gasteiger partial charge on any atom is -0.363 e. The lowest BCUT2D eigenvalue weighted by Gasteiger charge is -2.20. The molecule has 0 unspecified atom stereocenters. The largest absolute Gasteiger partial charge is 0.407 e. The predicted octanol–water partition coefficient (Wildman–Crippen LogP) is 3.23. The Labute approximate surface area is 114 Å². The molecule has 0 amide bonds. The highest BCUT2D eigenvalue weighted by molar-refractivity contribution is 5.73. The number of aromatic nitrogens is 3. The molecule has 2 aromatic rings. The van der Waals surface area contributed by atoms with Gasteiger partial charge >= 0.3 is 12.4 Å². The molecule has 0 aromatic carbocycles. The number of nitrogens with zero attached hydrogens (tertiary/aromatic N) is 3. The van der Waals surface area contributed by atoms with Gasteiger partial charge in [-0.1, -0.05) is 0 Å². The molecule has 2 heterocycles. The van der Waals surface area contributed by atoms with Crippen molar-refractivity contribution in [1.82, 2.24) is 15.0 Å². The number of nitrogens with one attached hydrogen (secondary N) is 1. The number of alkyl halides is 6. The summed E-state index contributed by atoms with van der Waals surface area (Å²) in [7, 11) is 3.27. The summed E-state index contributed by atoms with van der Waals surface area (Å²) in [6, 6.07) is 2.79. The van der Waals surface area contributed by atoms with Gasteiger partial charge in [0.25, 0.3) is 0 Å². The van der Waals surface area contributed by atoms with Crippen LogP contribution < -0.4 is 4.90 Å². The number of anilines is 1. The molecule has 0 aliphatic carbocycles. The third-order valence-corrected chi connectivity index (χ3v) is 2.74. The van der Waals surface area contributed by atoms with Gasteiger partial charge in [0.05, 0.1) is 5.52 Å². The maximum atomic E-state index is 12.6. The van der Waals surface area contributed by atoms with Gasteiger partial charge in [-0.2, -0.15) is 26.3 Å². The summed E-state index contributed by atoms with van der Waals surface area (Å²) < 4.78 is 75.8. The summed E-state index contributed by atoms with van der Waals surface area (Å²) in [6.45, 7) is 0. The fraction of sp³-hybridized carbons (Fsp3) is 0.455. The highest BCUT2D eigenvalue weighted by atomic mass is 19.4. The molecule has 21 heavy (non-hydrogen) atoms. The summed E-state index contributed by atoms with van der Waals surface area (Å²) >= 11 is 0. The second-order valence-electron chi connectivity index (χ2n) is 4.57. The molecule has 1 N–H and O–H groups in total. The van der Waals surface area contributed by atoms with Crippen molar-refractivity contribution in [3.8, 4) is 0 Å². The van der Waals surface area contributed by atoms with Gasteiger partial charge in [-0.25, -0.2) is 9.97 Å². The average Bonchev–Trinajstić information content (AvgIpc) is 2.65. The van der Waals surface area contributed by atoms with Crippen molar-refractivity contribution in [3.05, 3.63) is 18.0 Å². The van der Waals surface area contributed by atoms with Crippen molar-refractivity contribution in [2.24, 2.45) is 0 Å². The van der Waals surface area contributed by atoms with E-state index in [0.717, 1.165) is 0 Å². The number of H-pyrrole nitrogens is 1. The molecule has 0 aliphatic rings. The van der Waals surface area contributed by atoms with Crippen LogP contribution in [0.1, 0.15) is 11.7 Å². The molecule has 2 rings (SSSR count). The van der Waals surface area contributed by atoms with Crippen LogP contribution in [0.4, 0.5) is 32.2 Å². The van der Waals surface area contributed by atoms with E-state index < -0.39 is 24.1 Å². The molecule has 2 aromatic heterocycles. The van der Waals surface area contributed by atoms with E-state index in [2.05, 4.69) is 9.97 Å². The lowest BCUT2D eigenvalue weighted by Crippen LogP contribution is -2.34. The van der Waals surface area contributed by atoms with Gasteiger partial charge in [0, 0.05) is 14.1 Å². The van der Waals surface area contributed by atoms with E-state index in [1.54, 1.807) is 19.0 Å². The Morgan fingerprint density at radius 3 is 2.05 bits per heavy atom. The highest BCUT2D eigenvalue weighted by Crippen LogP contribution is 2.45. The molecule has 116 valence electrons. The summed E-state index contributed by atoms with van der Waals surface area (Å²) in [5.74, 6) is -4.51. The van der Waals surface area contributed by atoms with Crippen molar-refractivity contribution >= 4 is 17.0 Å². The van der Waals surface area contributed by atoms with Crippen LogP contribution in [0, 0.1) is 0 Å². The Kier molecular flexibility index (Phi) is 3.50. The van der Waals surface area contributed by atoms with Crippen molar-refractivity contribution in [2.45, 2.75) is 18.3 Å². The van der Waals surface area contributed by atoms with Crippen LogP contribution in [0.15, 0.2) is 12.1 Å². The van der Waals surface area contributed by atoms with Crippen LogP contribution in [-0.2, 0) is 0 Å². The van der Waals surface area contributed by atoms with E-state index in [4.69, 9.17) is 0 Å². The molecule has 0 spiro atoms. The van der Waals surface area contributed by atoms with E-state index in [0.29, 0.717) is 5.82 Å². The third kappa shape index (κ3) is 3.03. The molecule has 0 fully saturated rings. The Balaban J connectivity index is 2.55. The SMILES string of the molecule is CN(C)c1ccc2[nH]c(C(C(F)(F)F)C(F)(F)F)nc2n1. The topological polar surface area (TPSA) is 44.8 Å². The maximum Gasteiger partial charge on any atom is 0.407 e. The normalized spacial score (nSPS) is 13.2. The molecule has 0 saturated carbocycles. The molecule has 0 radical (unpaired) electrons. The van der Waals surface area contributed by atoms with Gasteiger partial charge in [-0.05, 0) is 12.1 Å². The highest BCUT2D eigenvalue weighted by Gasteiger charge is 2.59. The van der Waals surface area contributed by atoms with Crippen LogP contribution >= 0.6 is 0 Å². The summed E-state index contributed by atoms with van der Waals surface area (Å²) in [5.41, 5.74) is -0.191. The van der Waals surface area contributed by atoms with E-state index >= 15 is 0 Å². The molecule has 0 saturated heterocycles. The fourth-order valence-electron chi connectivity index (χ4n) is 1.78. The lowest BCUT2D eigenvalue weighted by molar-refractivity contribution is -0.255. The number of hydrogen-bond acceptors (Lipinski definition) is 3. The number of halogens is 6. The smallest absolute Gasteiger partial charge is 0.363 e. The molecule has 10 heteroatoms. The van der Waals surface area contributed by atoms with Crippen molar-refractivity contribution in [2.75, 3.05) is 19.0 Å². The minimum absolute atomic E-state index is 0.00843. The van der Waals surface area contributed by atoms with Gasteiger partial charge in [-0.15, -0.1) is 0 Å². The van der Waals surface area contributed by atoms with E-state index in [-0.39, 0.29) is 11.2 Å². The molecule has 0 atom stereocenters. The number of imidazole rings is 1. The van der Waals surface area contributed by atoms with E-state index in [9.17, 15) is 26.3 Å². The molecule has 0 aliphatic heterocycles. The Morgan fingerprint density at radius 1 is 1.00 bits per heavy atom. The Hall–Kier alpha value is -2.00. The molecular formula is C11H10F6N4. The van der Waals surface area contributed by atoms with Gasteiger partial charge in [-0.3, -0.25) is 0 Å². The van der Waals surface area contributed by atoms with Gasteiger partial charge in [0.2, 0.25) is 5.92 Å². The number of hydrogen-bond donors (Lipinski definition) is 1.